The quantitative estimate of drug-likeness (QED) is 0.613. The molecule has 1 N–H and O–H groups in total. The van der Waals surface area contributed by atoms with Crippen molar-refractivity contribution in [1.29, 1.82) is 0 Å². The van der Waals surface area contributed by atoms with E-state index in [0.717, 1.165) is 19.0 Å². The fraction of sp³-hybridized carbons (Fsp3) is 0.938. The second-order valence-corrected chi connectivity index (χ2v) is 9.73. The summed E-state index contributed by atoms with van der Waals surface area (Å²) in [5.41, 5.74) is 0. The minimum absolute atomic E-state index is 0.404. The van der Waals surface area contributed by atoms with Gasteiger partial charge in [0.15, 0.2) is 15.8 Å². The van der Waals surface area contributed by atoms with E-state index in [1.165, 1.54) is 12.7 Å². The monoisotopic (exact) mass is 345 g/mol. The van der Waals surface area contributed by atoms with Crippen molar-refractivity contribution in [1.82, 2.24) is 10.2 Å². The van der Waals surface area contributed by atoms with Crippen LogP contribution in [0.5, 0.6) is 0 Å². The summed E-state index contributed by atoms with van der Waals surface area (Å²) < 4.78 is 29.3. The number of sulfone groups is 1. The normalized spacial score (nSPS) is 29.4. The van der Waals surface area contributed by atoms with Gasteiger partial charge in [-0.25, -0.2) is 8.42 Å². The maximum atomic E-state index is 12.3. The first kappa shape index (κ1) is 18.5. The number of likely N-dealkylation sites (tertiary alicyclic amines) is 1. The average molecular weight is 346 g/mol. The minimum Gasteiger partial charge on any atom is -0.381 e. The molecule has 0 aromatic heterocycles. The van der Waals surface area contributed by atoms with E-state index < -0.39 is 14.6 Å². The summed E-state index contributed by atoms with van der Waals surface area (Å²) in [5.74, 6) is 2.08. The molecule has 2 rings (SSSR count). The Morgan fingerprint density at radius 2 is 1.83 bits per heavy atom. The zero-order valence-electron chi connectivity index (χ0n) is 14.8. The van der Waals surface area contributed by atoms with Crippen LogP contribution in [0.25, 0.3) is 0 Å². The average Bonchev–Trinajstić information content (AvgIpc) is 2.47. The Balaban J connectivity index is 2.06. The molecule has 0 aliphatic carbocycles. The van der Waals surface area contributed by atoms with Gasteiger partial charge in [0.25, 0.3) is 0 Å². The number of rotatable bonds is 3. The molecule has 2 atom stereocenters. The van der Waals surface area contributed by atoms with Gasteiger partial charge >= 0.3 is 0 Å². The number of nitrogens with zero attached hydrogens (tertiary/aromatic N) is 2. The number of nitrogens with one attached hydrogen (secondary N) is 1. The summed E-state index contributed by atoms with van der Waals surface area (Å²) in [6, 6.07) is 0. The SMILES string of the molecule is CN=C(NCC1(S(C)(=O)=O)CCOCC1)N1CC(C)CC(C)C1. The van der Waals surface area contributed by atoms with Crippen LogP contribution >= 0.6 is 0 Å². The van der Waals surface area contributed by atoms with E-state index in [9.17, 15) is 8.42 Å². The van der Waals surface area contributed by atoms with E-state index >= 15 is 0 Å². The number of ether oxygens (including phenoxy) is 1. The van der Waals surface area contributed by atoms with Crippen molar-refractivity contribution in [2.45, 2.75) is 37.9 Å². The number of piperidine rings is 1. The zero-order valence-corrected chi connectivity index (χ0v) is 15.7. The Labute approximate surface area is 140 Å². The second-order valence-electron chi connectivity index (χ2n) is 7.32. The molecule has 0 bridgehead atoms. The molecule has 2 fully saturated rings. The van der Waals surface area contributed by atoms with Gasteiger partial charge in [-0.3, -0.25) is 4.99 Å². The molecule has 2 saturated heterocycles. The maximum absolute atomic E-state index is 12.3. The third kappa shape index (κ3) is 4.38. The van der Waals surface area contributed by atoms with Gasteiger partial charge in [-0.2, -0.15) is 0 Å². The van der Waals surface area contributed by atoms with Gasteiger partial charge in [0.05, 0.1) is 4.75 Å². The molecule has 2 heterocycles. The third-order valence-electron chi connectivity index (χ3n) is 5.14. The second kappa shape index (κ2) is 7.38. The topological polar surface area (TPSA) is 71.0 Å². The van der Waals surface area contributed by atoms with Crippen molar-refractivity contribution >= 4 is 15.8 Å². The zero-order chi connectivity index (χ0) is 17.1. The summed E-state index contributed by atoms with van der Waals surface area (Å²) in [5, 5.41) is 3.34. The molecule has 0 spiro atoms. The standard InChI is InChI=1S/C16H31N3O3S/c1-13-9-14(2)11-19(10-13)15(17-3)18-12-16(23(4,20)21)5-7-22-8-6-16/h13-14H,5-12H2,1-4H3,(H,17,18). The van der Waals surface area contributed by atoms with Gasteiger partial charge in [-0.15, -0.1) is 0 Å². The smallest absolute Gasteiger partial charge is 0.193 e. The van der Waals surface area contributed by atoms with E-state index in [1.807, 2.05) is 0 Å². The van der Waals surface area contributed by atoms with Crippen LogP contribution in [0.2, 0.25) is 0 Å². The number of hydrogen-bond acceptors (Lipinski definition) is 4. The number of guanidine groups is 1. The van der Waals surface area contributed by atoms with Crippen LogP contribution in [-0.4, -0.2) is 70.2 Å². The molecule has 2 aliphatic rings. The molecule has 23 heavy (non-hydrogen) atoms. The molecule has 0 saturated carbocycles. The van der Waals surface area contributed by atoms with Crippen molar-refractivity contribution in [3.63, 3.8) is 0 Å². The lowest BCUT2D eigenvalue weighted by Crippen LogP contribution is -2.55. The van der Waals surface area contributed by atoms with Crippen LogP contribution in [0, 0.1) is 11.8 Å². The minimum atomic E-state index is -3.16. The third-order valence-corrected chi connectivity index (χ3v) is 7.27. The molecule has 6 nitrogen and oxygen atoms in total. The number of hydrogen-bond donors (Lipinski definition) is 1. The van der Waals surface area contributed by atoms with E-state index in [4.69, 9.17) is 4.74 Å². The van der Waals surface area contributed by atoms with Crippen molar-refractivity contribution in [2.75, 3.05) is 46.2 Å². The van der Waals surface area contributed by atoms with Gasteiger partial charge in [-0.05, 0) is 31.1 Å². The molecule has 2 aliphatic heterocycles. The lowest BCUT2D eigenvalue weighted by Gasteiger charge is -2.40. The van der Waals surface area contributed by atoms with E-state index in [1.54, 1.807) is 7.05 Å². The van der Waals surface area contributed by atoms with E-state index in [-0.39, 0.29) is 0 Å². The summed E-state index contributed by atoms with van der Waals surface area (Å²) in [4.78, 5) is 6.64. The van der Waals surface area contributed by atoms with Gasteiger partial charge in [-0.1, -0.05) is 13.8 Å². The maximum Gasteiger partial charge on any atom is 0.193 e. The Hall–Kier alpha value is -0.820. The van der Waals surface area contributed by atoms with Gasteiger partial charge in [0, 0.05) is 46.2 Å². The van der Waals surface area contributed by atoms with Crippen LogP contribution in [0.15, 0.2) is 4.99 Å². The molecule has 7 heteroatoms. The van der Waals surface area contributed by atoms with Crippen LogP contribution < -0.4 is 5.32 Å². The van der Waals surface area contributed by atoms with Gasteiger partial charge in [0.2, 0.25) is 0 Å². The molecule has 0 amide bonds. The highest BCUT2D eigenvalue weighted by atomic mass is 32.2. The van der Waals surface area contributed by atoms with Crippen molar-refractivity contribution in [3.05, 3.63) is 0 Å². The van der Waals surface area contributed by atoms with Crippen LogP contribution in [-0.2, 0) is 14.6 Å². The summed E-state index contributed by atoms with van der Waals surface area (Å²) in [6.07, 6.45) is 3.66. The summed E-state index contributed by atoms with van der Waals surface area (Å²) >= 11 is 0. The predicted molar refractivity (Wildman–Crippen MR) is 93.5 cm³/mol. The van der Waals surface area contributed by atoms with E-state index in [0.29, 0.717) is 44.4 Å². The Bertz CT molecular complexity index is 517. The largest absolute Gasteiger partial charge is 0.381 e. The predicted octanol–water partition coefficient (Wildman–Crippen LogP) is 1.13. The highest BCUT2D eigenvalue weighted by molar-refractivity contribution is 7.92. The van der Waals surface area contributed by atoms with E-state index in [2.05, 4.69) is 29.1 Å². The number of aliphatic imine (C=N–C) groups is 1. The summed E-state index contributed by atoms with van der Waals surface area (Å²) in [7, 11) is -1.39. The van der Waals surface area contributed by atoms with Crippen LogP contribution in [0.3, 0.4) is 0 Å². The Morgan fingerprint density at radius 3 is 2.30 bits per heavy atom. The summed E-state index contributed by atoms with van der Waals surface area (Å²) in [6.45, 7) is 7.87. The van der Waals surface area contributed by atoms with Crippen molar-refractivity contribution < 1.29 is 13.2 Å². The molecular weight excluding hydrogens is 314 g/mol. The van der Waals surface area contributed by atoms with Crippen LogP contribution in [0.1, 0.15) is 33.1 Å². The van der Waals surface area contributed by atoms with Gasteiger partial charge < -0.3 is 15.0 Å². The van der Waals surface area contributed by atoms with Crippen molar-refractivity contribution in [2.24, 2.45) is 16.8 Å². The lowest BCUT2D eigenvalue weighted by molar-refractivity contribution is 0.0753. The Morgan fingerprint density at radius 1 is 1.26 bits per heavy atom. The Kier molecular flexibility index (Phi) is 5.94. The first-order valence-corrected chi connectivity index (χ1v) is 10.4. The molecular formula is C16H31N3O3S. The fourth-order valence-corrected chi connectivity index (χ4v) is 5.07. The highest BCUT2D eigenvalue weighted by Crippen LogP contribution is 2.29. The highest BCUT2D eigenvalue weighted by Gasteiger charge is 2.42. The van der Waals surface area contributed by atoms with Crippen molar-refractivity contribution in [3.8, 4) is 0 Å². The molecule has 134 valence electrons. The van der Waals surface area contributed by atoms with Gasteiger partial charge in [0.1, 0.15) is 0 Å². The first-order chi connectivity index (χ1) is 10.8. The molecule has 0 radical (unpaired) electrons. The molecule has 0 aromatic carbocycles. The van der Waals surface area contributed by atoms with Crippen LogP contribution in [0.4, 0.5) is 0 Å². The molecule has 2 unspecified atom stereocenters. The lowest BCUT2D eigenvalue weighted by atomic mass is 9.92. The fourth-order valence-electron chi connectivity index (χ4n) is 3.83. The molecule has 0 aromatic rings. The first-order valence-electron chi connectivity index (χ1n) is 8.50.